The highest BCUT2D eigenvalue weighted by Gasteiger charge is 2.06. The fourth-order valence-electron chi connectivity index (χ4n) is 0.803. The minimum Gasteiger partial charge on any atom is -0.289 e. The van der Waals surface area contributed by atoms with Gasteiger partial charge in [0.05, 0.1) is 0 Å². The SMILES string of the molecule is O=C(/C=C/Cl)c1ccc(F)c(F)c1. The summed E-state index contributed by atoms with van der Waals surface area (Å²) in [5.41, 5.74) is 1.08. The van der Waals surface area contributed by atoms with Gasteiger partial charge in [-0.1, -0.05) is 11.6 Å². The molecule has 0 N–H and O–H groups in total. The van der Waals surface area contributed by atoms with Gasteiger partial charge in [0.1, 0.15) is 0 Å². The molecule has 0 radical (unpaired) electrons. The summed E-state index contributed by atoms with van der Waals surface area (Å²) in [6.07, 6.45) is 1.06. The zero-order valence-corrected chi connectivity index (χ0v) is 7.18. The number of benzene rings is 1. The molecular formula is C9H5ClF2O. The number of ketones is 1. The van der Waals surface area contributed by atoms with Gasteiger partial charge in [0.15, 0.2) is 17.4 Å². The molecule has 1 nitrogen and oxygen atoms in total. The van der Waals surface area contributed by atoms with Gasteiger partial charge >= 0.3 is 0 Å². The van der Waals surface area contributed by atoms with Crippen molar-refractivity contribution in [3.63, 3.8) is 0 Å². The monoisotopic (exact) mass is 202 g/mol. The Bertz CT molecular complexity index is 361. The van der Waals surface area contributed by atoms with Gasteiger partial charge in [-0.2, -0.15) is 0 Å². The lowest BCUT2D eigenvalue weighted by molar-refractivity contribution is 0.104. The maximum absolute atomic E-state index is 12.6. The smallest absolute Gasteiger partial charge is 0.186 e. The molecular weight excluding hydrogens is 198 g/mol. The summed E-state index contributed by atoms with van der Waals surface area (Å²) < 4.78 is 25.0. The van der Waals surface area contributed by atoms with E-state index in [-0.39, 0.29) is 5.56 Å². The van der Waals surface area contributed by atoms with Gasteiger partial charge < -0.3 is 0 Å². The molecule has 1 rings (SSSR count). The average molecular weight is 203 g/mol. The number of hydrogen-bond acceptors (Lipinski definition) is 1. The second-order valence-corrected chi connectivity index (χ2v) is 2.54. The van der Waals surface area contributed by atoms with E-state index in [0.29, 0.717) is 0 Å². The largest absolute Gasteiger partial charge is 0.289 e. The van der Waals surface area contributed by atoms with Crippen molar-refractivity contribution in [1.82, 2.24) is 0 Å². The highest BCUT2D eigenvalue weighted by molar-refractivity contribution is 6.27. The standard InChI is InChI=1S/C9H5ClF2O/c10-4-3-9(13)6-1-2-7(11)8(12)5-6/h1-5H/b4-3+. The molecule has 1 aromatic rings. The van der Waals surface area contributed by atoms with Crippen LogP contribution in [0.1, 0.15) is 10.4 Å². The van der Waals surface area contributed by atoms with Crippen molar-refractivity contribution in [2.75, 3.05) is 0 Å². The highest BCUT2D eigenvalue weighted by Crippen LogP contribution is 2.09. The molecule has 0 aliphatic rings. The van der Waals surface area contributed by atoms with Gasteiger partial charge in [-0.05, 0) is 24.3 Å². The van der Waals surface area contributed by atoms with Crippen LogP contribution in [0.3, 0.4) is 0 Å². The van der Waals surface area contributed by atoms with Crippen LogP contribution >= 0.6 is 11.6 Å². The van der Waals surface area contributed by atoms with Crippen LogP contribution in [0.5, 0.6) is 0 Å². The second-order valence-electron chi connectivity index (χ2n) is 2.29. The molecule has 68 valence electrons. The van der Waals surface area contributed by atoms with Crippen molar-refractivity contribution in [1.29, 1.82) is 0 Å². The van der Waals surface area contributed by atoms with Crippen LogP contribution in [0.2, 0.25) is 0 Å². The molecule has 0 bridgehead atoms. The molecule has 0 amide bonds. The molecule has 4 heteroatoms. The molecule has 0 aliphatic heterocycles. The van der Waals surface area contributed by atoms with E-state index in [9.17, 15) is 13.6 Å². The van der Waals surface area contributed by atoms with Crippen molar-refractivity contribution in [2.24, 2.45) is 0 Å². The molecule has 0 aromatic heterocycles. The molecule has 0 saturated carbocycles. The van der Waals surface area contributed by atoms with E-state index in [1.165, 1.54) is 6.07 Å². The Hall–Kier alpha value is -1.22. The van der Waals surface area contributed by atoms with E-state index in [4.69, 9.17) is 11.6 Å². The lowest BCUT2D eigenvalue weighted by atomic mass is 10.1. The first-order valence-electron chi connectivity index (χ1n) is 3.41. The lowest BCUT2D eigenvalue weighted by Gasteiger charge is -1.96. The number of rotatable bonds is 2. The van der Waals surface area contributed by atoms with E-state index in [1.807, 2.05) is 0 Å². The normalized spacial score (nSPS) is 10.7. The Morgan fingerprint density at radius 2 is 2.00 bits per heavy atom. The van der Waals surface area contributed by atoms with Crippen molar-refractivity contribution >= 4 is 17.4 Å². The van der Waals surface area contributed by atoms with Crippen LogP contribution in [0, 0.1) is 11.6 Å². The number of carbonyl (C=O) groups excluding carboxylic acids is 1. The maximum Gasteiger partial charge on any atom is 0.186 e. The fourth-order valence-corrected chi connectivity index (χ4v) is 0.917. The van der Waals surface area contributed by atoms with Gasteiger partial charge in [-0.15, -0.1) is 0 Å². The van der Waals surface area contributed by atoms with Crippen LogP contribution in [0.4, 0.5) is 8.78 Å². The minimum absolute atomic E-state index is 0.0656. The number of halogens is 3. The Morgan fingerprint density at radius 3 is 2.54 bits per heavy atom. The van der Waals surface area contributed by atoms with Gasteiger partial charge in [-0.3, -0.25) is 4.79 Å². The predicted molar refractivity (Wildman–Crippen MR) is 45.7 cm³/mol. The molecule has 0 unspecified atom stereocenters. The quantitative estimate of drug-likeness (QED) is 0.532. The van der Waals surface area contributed by atoms with Crippen LogP contribution in [0.15, 0.2) is 29.8 Å². The van der Waals surface area contributed by atoms with Crippen molar-refractivity contribution in [3.8, 4) is 0 Å². The molecule has 0 atom stereocenters. The van der Waals surface area contributed by atoms with E-state index in [2.05, 4.69) is 0 Å². The summed E-state index contributed by atoms with van der Waals surface area (Å²) in [7, 11) is 0. The van der Waals surface area contributed by atoms with E-state index in [1.54, 1.807) is 0 Å². The van der Waals surface area contributed by atoms with Crippen molar-refractivity contribution in [2.45, 2.75) is 0 Å². The highest BCUT2D eigenvalue weighted by atomic mass is 35.5. The predicted octanol–water partition coefficient (Wildman–Crippen LogP) is 2.90. The first-order valence-corrected chi connectivity index (χ1v) is 3.85. The third-order valence-electron chi connectivity index (χ3n) is 1.42. The summed E-state index contributed by atoms with van der Waals surface area (Å²) in [6, 6.07) is 2.91. The molecule has 13 heavy (non-hydrogen) atoms. The number of hydrogen-bond donors (Lipinski definition) is 0. The summed E-state index contributed by atoms with van der Waals surface area (Å²) in [5.74, 6) is -2.49. The van der Waals surface area contributed by atoms with Gasteiger partial charge in [0, 0.05) is 11.1 Å². The maximum atomic E-state index is 12.6. The first-order chi connectivity index (χ1) is 6.15. The zero-order valence-electron chi connectivity index (χ0n) is 6.43. The number of allylic oxidation sites excluding steroid dienone is 1. The van der Waals surface area contributed by atoms with E-state index >= 15 is 0 Å². The average Bonchev–Trinajstić information content (AvgIpc) is 2.10. The first kappa shape index (κ1) is 9.86. The Balaban J connectivity index is 3.04. The Kier molecular flexibility index (Phi) is 3.14. The Labute approximate surface area is 78.6 Å². The molecule has 0 spiro atoms. The van der Waals surface area contributed by atoms with Crippen LogP contribution in [0.25, 0.3) is 0 Å². The van der Waals surface area contributed by atoms with Gasteiger partial charge in [-0.25, -0.2) is 8.78 Å². The topological polar surface area (TPSA) is 17.1 Å². The zero-order chi connectivity index (χ0) is 9.84. The van der Waals surface area contributed by atoms with Crippen molar-refractivity contribution in [3.05, 3.63) is 47.0 Å². The minimum atomic E-state index is -1.05. The van der Waals surface area contributed by atoms with Crippen LogP contribution < -0.4 is 0 Å². The molecule has 0 aliphatic carbocycles. The number of carbonyl (C=O) groups is 1. The van der Waals surface area contributed by atoms with Gasteiger partial charge in [0.25, 0.3) is 0 Å². The van der Waals surface area contributed by atoms with E-state index in [0.717, 1.165) is 23.7 Å². The van der Waals surface area contributed by atoms with Crippen LogP contribution in [-0.4, -0.2) is 5.78 Å². The summed E-state index contributed by atoms with van der Waals surface area (Å²) in [5, 5.41) is 0. The fraction of sp³-hybridized carbons (Fsp3) is 0. The third-order valence-corrected chi connectivity index (χ3v) is 1.54. The summed E-state index contributed by atoms with van der Waals surface area (Å²) in [6.45, 7) is 0. The molecule has 0 heterocycles. The Morgan fingerprint density at radius 1 is 1.31 bits per heavy atom. The molecule has 0 saturated heterocycles. The van der Waals surface area contributed by atoms with Crippen LogP contribution in [-0.2, 0) is 0 Å². The molecule has 0 fully saturated rings. The molecule has 1 aromatic carbocycles. The third kappa shape index (κ3) is 2.36. The van der Waals surface area contributed by atoms with Crippen molar-refractivity contribution < 1.29 is 13.6 Å². The summed E-state index contributed by atoms with van der Waals surface area (Å²) in [4.78, 5) is 11.0. The summed E-state index contributed by atoms with van der Waals surface area (Å²) >= 11 is 5.15. The second kappa shape index (κ2) is 4.14. The van der Waals surface area contributed by atoms with E-state index < -0.39 is 17.4 Å². The van der Waals surface area contributed by atoms with Gasteiger partial charge in [0.2, 0.25) is 0 Å². The lowest BCUT2D eigenvalue weighted by Crippen LogP contribution is -1.96.